The first-order valence-electron chi connectivity index (χ1n) is 5.32. The summed E-state index contributed by atoms with van der Waals surface area (Å²) in [7, 11) is 0. The Labute approximate surface area is 82.3 Å². The maximum atomic E-state index is 8.81. The van der Waals surface area contributed by atoms with Gasteiger partial charge in [-0.25, -0.2) is 0 Å². The van der Waals surface area contributed by atoms with Gasteiger partial charge in [0.05, 0.1) is 12.0 Å². The van der Waals surface area contributed by atoms with Gasteiger partial charge in [0.15, 0.2) is 0 Å². The number of nitriles is 1. The Morgan fingerprint density at radius 3 is 2.46 bits per heavy atom. The Bertz CT molecular complexity index is 147. The van der Waals surface area contributed by atoms with Gasteiger partial charge in [-0.3, -0.25) is 0 Å². The summed E-state index contributed by atoms with van der Waals surface area (Å²) in [6, 6.07) is 2.33. The van der Waals surface area contributed by atoms with Crippen LogP contribution in [0.3, 0.4) is 0 Å². The Hall–Kier alpha value is -0.550. The zero-order valence-electron chi connectivity index (χ0n) is 9.14. The molecule has 0 rings (SSSR count). The first kappa shape index (κ1) is 12.4. The van der Waals surface area contributed by atoms with E-state index in [2.05, 4.69) is 32.2 Å². The van der Waals surface area contributed by atoms with Crippen LogP contribution in [-0.4, -0.2) is 13.1 Å². The molecule has 1 atom stereocenters. The van der Waals surface area contributed by atoms with Gasteiger partial charge in [0.25, 0.3) is 0 Å². The van der Waals surface area contributed by atoms with E-state index in [1.165, 1.54) is 19.3 Å². The Kier molecular flexibility index (Phi) is 7.73. The van der Waals surface area contributed by atoms with Crippen molar-refractivity contribution in [2.45, 2.75) is 40.0 Å². The van der Waals surface area contributed by atoms with Crippen molar-refractivity contribution in [1.29, 1.82) is 5.26 Å². The molecule has 0 amide bonds. The van der Waals surface area contributed by atoms with E-state index in [0.717, 1.165) is 13.1 Å². The molecule has 0 spiro atoms. The molecule has 2 nitrogen and oxygen atoms in total. The normalized spacial score (nSPS) is 12.8. The van der Waals surface area contributed by atoms with Gasteiger partial charge in [0, 0.05) is 6.54 Å². The Morgan fingerprint density at radius 2 is 2.00 bits per heavy atom. The fourth-order valence-electron chi connectivity index (χ4n) is 1.19. The topological polar surface area (TPSA) is 35.8 Å². The predicted octanol–water partition coefficient (Wildman–Crippen LogP) is 2.56. The molecule has 0 saturated heterocycles. The monoisotopic (exact) mass is 182 g/mol. The summed E-state index contributed by atoms with van der Waals surface area (Å²) in [5.74, 6) is 0.630. The molecule has 76 valence electrons. The maximum Gasteiger partial charge on any atom is 0.0671 e. The highest BCUT2D eigenvalue weighted by Crippen LogP contribution is 2.07. The quantitative estimate of drug-likeness (QED) is 0.614. The standard InChI is InChI=1S/C11H22N2/c1-4-5-6-7-13-9-11(8-12)10(2)3/h10-11,13H,4-7,9H2,1-3H3. The molecule has 0 aliphatic heterocycles. The molecule has 0 aromatic heterocycles. The van der Waals surface area contributed by atoms with Crippen molar-refractivity contribution in [3.05, 3.63) is 0 Å². The SMILES string of the molecule is CCCCCNCC(C#N)C(C)C. The number of rotatable bonds is 7. The third-order valence-corrected chi connectivity index (χ3v) is 2.29. The number of hydrogen-bond donors (Lipinski definition) is 1. The molecule has 0 aliphatic rings. The minimum atomic E-state index is 0.168. The highest BCUT2D eigenvalue weighted by molar-refractivity contribution is 4.86. The summed E-state index contributed by atoms with van der Waals surface area (Å²) < 4.78 is 0. The van der Waals surface area contributed by atoms with Crippen LogP contribution in [0.25, 0.3) is 0 Å². The van der Waals surface area contributed by atoms with Gasteiger partial charge in [0.1, 0.15) is 0 Å². The van der Waals surface area contributed by atoms with Crippen LogP contribution in [0.15, 0.2) is 0 Å². The highest BCUT2D eigenvalue weighted by atomic mass is 14.9. The summed E-state index contributed by atoms with van der Waals surface area (Å²) in [6.45, 7) is 8.30. The van der Waals surface area contributed by atoms with E-state index in [0.29, 0.717) is 5.92 Å². The van der Waals surface area contributed by atoms with Crippen molar-refractivity contribution in [2.24, 2.45) is 11.8 Å². The molecule has 2 heteroatoms. The lowest BCUT2D eigenvalue weighted by Crippen LogP contribution is -2.26. The van der Waals surface area contributed by atoms with Crippen LogP contribution < -0.4 is 5.32 Å². The van der Waals surface area contributed by atoms with E-state index in [-0.39, 0.29) is 5.92 Å². The second-order valence-corrected chi connectivity index (χ2v) is 3.89. The average molecular weight is 182 g/mol. The third kappa shape index (κ3) is 6.60. The van der Waals surface area contributed by atoms with Crippen LogP contribution in [-0.2, 0) is 0 Å². The van der Waals surface area contributed by atoms with E-state index in [1.54, 1.807) is 0 Å². The molecular formula is C11H22N2. The summed E-state index contributed by atoms with van der Waals surface area (Å²) in [5, 5.41) is 12.1. The molecule has 0 aliphatic carbocycles. The summed E-state index contributed by atoms with van der Waals surface area (Å²) in [5.41, 5.74) is 0. The smallest absolute Gasteiger partial charge is 0.0671 e. The molecular weight excluding hydrogens is 160 g/mol. The van der Waals surface area contributed by atoms with Gasteiger partial charge < -0.3 is 5.32 Å². The van der Waals surface area contributed by atoms with Crippen molar-refractivity contribution in [3.63, 3.8) is 0 Å². The second-order valence-electron chi connectivity index (χ2n) is 3.89. The molecule has 0 heterocycles. The minimum absolute atomic E-state index is 0.168. The van der Waals surface area contributed by atoms with Gasteiger partial charge in [0.2, 0.25) is 0 Å². The van der Waals surface area contributed by atoms with Gasteiger partial charge in [-0.1, -0.05) is 33.6 Å². The first-order valence-corrected chi connectivity index (χ1v) is 5.32. The van der Waals surface area contributed by atoms with E-state index in [4.69, 9.17) is 5.26 Å². The molecule has 0 aromatic carbocycles. The Morgan fingerprint density at radius 1 is 1.31 bits per heavy atom. The van der Waals surface area contributed by atoms with Crippen LogP contribution in [0, 0.1) is 23.2 Å². The number of nitrogens with one attached hydrogen (secondary N) is 1. The average Bonchev–Trinajstić information content (AvgIpc) is 2.10. The van der Waals surface area contributed by atoms with Gasteiger partial charge in [-0.15, -0.1) is 0 Å². The Balaban J connectivity index is 3.35. The number of unbranched alkanes of at least 4 members (excludes halogenated alkanes) is 2. The van der Waals surface area contributed by atoms with E-state index < -0.39 is 0 Å². The fraction of sp³-hybridized carbons (Fsp3) is 0.909. The fourth-order valence-corrected chi connectivity index (χ4v) is 1.19. The number of hydrogen-bond acceptors (Lipinski definition) is 2. The zero-order valence-corrected chi connectivity index (χ0v) is 9.14. The van der Waals surface area contributed by atoms with Crippen molar-refractivity contribution in [1.82, 2.24) is 5.32 Å². The molecule has 0 saturated carbocycles. The van der Waals surface area contributed by atoms with E-state index in [1.807, 2.05) is 0 Å². The predicted molar refractivity (Wildman–Crippen MR) is 56.3 cm³/mol. The molecule has 0 fully saturated rings. The third-order valence-electron chi connectivity index (χ3n) is 2.29. The van der Waals surface area contributed by atoms with E-state index >= 15 is 0 Å². The van der Waals surface area contributed by atoms with Crippen LogP contribution in [0.1, 0.15) is 40.0 Å². The number of nitrogens with zero attached hydrogens (tertiary/aromatic N) is 1. The van der Waals surface area contributed by atoms with Crippen molar-refractivity contribution in [2.75, 3.05) is 13.1 Å². The van der Waals surface area contributed by atoms with Gasteiger partial charge in [-0.05, 0) is 18.9 Å². The molecule has 1 N–H and O–H groups in total. The van der Waals surface area contributed by atoms with Crippen molar-refractivity contribution < 1.29 is 0 Å². The highest BCUT2D eigenvalue weighted by Gasteiger charge is 2.10. The lowest BCUT2D eigenvalue weighted by molar-refractivity contribution is 0.438. The van der Waals surface area contributed by atoms with E-state index in [9.17, 15) is 0 Å². The summed E-state index contributed by atoms with van der Waals surface area (Å²) in [4.78, 5) is 0. The first-order chi connectivity index (χ1) is 6.22. The van der Waals surface area contributed by atoms with Crippen molar-refractivity contribution in [3.8, 4) is 6.07 Å². The largest absolute Gasteiger partial charge is 0.315 e. The minimum Gasteiger partial charge on any atom is -0.315 e. The van der Waals surface area contributed by atoms with Gasteiger partial charge in [-0.2, -0.15) is 5.26 Å². The molecule has 0 aromatic rings. The molecule has 0 bridgehead atoms. The molecule has 13 heavy (non-hydrogen) atoms. The van der Waals surface area contributed by atoms with Crippen LogP contribution in [0.5, 0.6) is 0 Å². The van der Waals surface area contributed by atoms with Crippen LogP contribution >= 0.6 is 0 Å². The lowest BCUT2D eigenvalue weighted by Gasteiger charge is -2.13. The zero-order chi connectivity index (χ0) is 10.1. The lowest BCUT2D eigenvalue weighted by atomic mass is 9.97. The maximum absolute atomic E-state index is 8.81. The van der Waals surface area contributed by atoms with Gasteiger partial charge >= 0.3 is 0 Å². The van der Waals surface area contributed by atoms with Crippen LogP contribution in [0.4, 0.5) is 0 Å². The molecule has 1 unspecified atom stereocenters. The van der Waals surface area contributed by atoms with Crippen molar-refractivity contribution >= 4 is 0 Å². The summed E-state index contributed by atoms with van der Waals surface area (Å²) in [6.07, 6.45) is 3.77. The molecule has 0 radical (unpaired) electrons. The van der Waals surface area contributed by atoms with Crippen LogP contribution in [0.2, 0.25) is 0 Å². The second kappa shape index (κ2) is 8.07. The summed E-state index contributed by atoms with van der Waals surface area (Å²) >= 11 is 0.